The van der Waals surface area contributed by atoms with Gasteiger partial charge in [0.15, 0.2) is 5.75 Å². The summed E-state index contributed by atoms with van der Waals surface area (Å²) in [6.45, 7) is 6.30. The molecule has 3 rings (SSSR count). The fourth-order valence-electron chi connectivity index (χ4n) is 2.82. The van der Waals surface area contributed by atoms with Crippen LogP contribution in [0.15, 0.2) is 44.7 Å². The smallest absolute Gasteiger partial charge is 0.155 e. The lowest BCUT2D eigenvalue weighted by atomic mass is 10.0. The van der Waals surface area contributed by atoms with Gasteiger partial charge in [-0.05, 0) is 80.6 Å². The summed E-state index contributed by atoms with van der Waals surface area (Å²) < 4.78 is 13.4. The van der Waals surface area contributed by atoms with E-state index in [1.807, 2.05) is 25.1 Å². The SMILES string of the molecule is COc1ccc(Oc2c(Br)cc(Cc3nc(C)cs3)cc2Br)cc1C(C)C. The lowest BCUT2D eigenvalue weighted by Crippen LogP contribution is -1.96. The molecule has 142 valence electrons. The minimum atomic E-state index is 0.347. The molecule has 0 bridgehead atoms. The molecule has 2 aromatic carbocycles. The maximum Gasteiger partial charge on any atom is 0.155 e. The lowest BCUT2D eigenvalue weighted by Gasteiger charge is -2.16. The van der Waals surface area contributed by atoms with Crippen molar-refractivity contribution < 1.29 is 9.47 Å². The molecule has 1 aromatic heterocycles. The Morgan fingerprint density at radius 2 is 1.81 bits per heavy atom. The van der Waals surface area contributed by atoms with Crippen LogP contribution in [0.5, 0.6) is 17.2 Å². The van der Waals surface area contributed by atoms with Gasteiger partial charge in [-0.3, -0.25) is 0 Å². The van der Waals surface area contributed by atoms with Gasteiger partial charge in [-0.2, -0.15) is 0 Å². The summed E-state index contributed by atoms with van der Waals surface area (Å²) in [7, 11) is 1.69. The van der Waals surface area contributed by atoms with E-state index in [1.165, 1.54) is 5.56 Å². The Morgan fingerprint density at radius 1 is 1.11 bits per heavy atom. The van der Waals surface area contributed by atoms with Gasteiger partial charge < -0.3 is 9.47 Å². The molecule has 0 amide bonds. The zero-order chi connectivity index (χ0) is 19.6. The van der Waals surface area contributed by atoms with E-state index in [1.54, 1.807) is 18.4 Å². The van der Waals surface area contributed by atoms with E-state index in [-0.39, 0.29) is 0 Å². The van der Waals surface area contributed by atoms with Crippen LogP contribution < -0.4 is 9.47 Å². The zero-order valence-electron chi connectivity index (χ0n) is 15.7. The molecule has 0 fully saturated rings. The molecule has 0 atom stereocenters. The Labute approximate surface area is 181 Å². The molecule has 27 heavy (non-hydrogen) atoms. The molecule has 0 N–H and O–H groups in total. The number of aromatic nitrogens is 1. The van der Waals surface area contributed by atoms with E-state index in [4.69, 9.17) is 9.47 Å². The van der Waals surface area contributed by atoms with Crippen LogP contribution in [-0.4, -0.2) is 12.1 Å². The molecule has 6 heteroatoms. The molecule has 3 aromatic rings. The molecule has 0 saturated carbocycles. The number of hydrogen-bond donors (Lipinski definition) is 0. The number of methoxy groups -OCH3 is 1. The van der Waals surface area contributed by atoms with E-state index in [2.05, 4.69) is 68.2 Å². The second-order valence-electron chi connectivity index (χ2n) is 6.61. The normalized spacial score (nSPS) is 11.1. The van der Waals surface area contributed by atoms with E-state index in [0.717, 1.165) is 48.9 Å². The number of thiazole rings is 1. The van der Waals surface area contributed by atoms with Crippen LogP contribution >= 0.6 is 43.2 Å². The summed E-state index contributed by atoms with van der Waals surface area (Å²) in [6.07, 6.45) is 0.802. The monoisotopic (exact) mass is 509 g/mol. The van der Waals surface area contributed by atoms with Crippen molar-refractivity contribution in [3.8, 4) is 17.2 Å². The van der Waals surface area contributed by atoms with Crippen molar-refractivity contribution in [3.63, 3.8) is 0 Å². The van der Waals surface area contributed by atoms with Crippen LogP contribution in [0.1, 0.15) is 41.6 Å². The van der Waals surface area contributed by atoms with Gasteiger partial charge in [0.2, 0.25) is 0 Å². The Hall–Kier alpha value is -1.37. The van der Waals surface area contributed by atoms with Gasteiger partial charge in [0.25, 0.3) is 0 Å². The standard InChI is InChI=1S/C21H21Br2NO2S/c1-12(2)16-10-15(5-6-19(16)25-4)26-21-17(22)7-14(8-18(21)23)9-20-24-13(3)11-27-20/h5-8,10-12H,9H2,1-4H3. The number of rotatable bonds is 6. The average molecular weight is 511 g/mol. The maximum absolute atomic E-state index is 6.18. The Bertz CT molecular complexity index is 930. The molecule has 0 aliphatic carbocycles. The van der Waals surface area contributed by atoms with Gasteiger partial charge in [0.05, 0.1) is 21.1 Å². The van der Waals surface area contributed by atoms with Crippen LogP contribution in [0.3, 0.4) is 0 Å². The Balaban J connectivity index is 1.86. The number of halogens is 2. The number of benzene rings is 2. The molecular formula is C21H21Br2NO2S. The third kappa shape index (κ3) is 4.92. The number of ether oxygens (including phenoxy) is 2. The summed E-state index contributed by atoms with van der Waals surface area (Å²) in [5.41, 5.74) is 3.36. The third-order valence-corrected chi connectivity index (χ3v) is 6.27. The summed E-state index contributed by atoms with van der Waals surface area (Å²) in [4.78, 5) is 4.54. The average Bonchev–Trinajstić information content (AvgIpc) is 3.02. The molecule has 0 radical (unpaired) electrons. The van der Waals surface area contributed by atoms with Gasteiger partial charge >= 0.3 is 0 Å². The van der Waals surface area contributed by atoms with Gasteiger partial charge in [-0.15, -0.1) is 11.3 Å². The van der Waals surface area contributed by atoms with E-state index in [0.29, 0.717) is 5.92 Å². The highest BCUT2D eigenvalue weighted by molar-refractivity contribution is 9.11. The first kappa shape index (κ1) is 20.4. The molecule has 0 aliphatic heterocycles. The fourth-order valence-corrected chi connectivity index (χ4v) is 5.06. The highest BCUT2D eigenvalue weighted by Crippen LogP contribution is 2.40. The van der Waals surface area contributed by atoms with Crippen LogP contribution in [0.4, 0.5) is 0 Å². The highest BCUT2D eigenvalue weighted by Gasteiger charge is 2.14. The molecule has 3 nitrogen and oxygen atoms in total. The van der Waals surface area contributed by atoms with Crippen LogP contribution in [0, 0.1) is 6.92 Å². The Kier molecular flexibility index (Phi) is 6.61. The van der Waals surface area contributed by atoms with Gasteiger partial charge in [0, 0.05) is 23.1 Å². The highest BCUT2D eigenvalue weighted by atomic mass is 79.9. The van der Waals surface area contributed by atoms with Crippen molar-refractivity contribution in [1.82, 2.24) is 4.98 Å². The quantitative estimate of drug-likeness (QED) is 0.344. The summed E-state index contributed by atoms with van der Waals surface area (Å²) in [5.74, 6) is 2.77. The molecular weight excluding hydrogens is 490 g/mol. The lowest BCUT2D eigenvalue weighted by molar-refractivity contribution is 0.405. The molecule has 0 saturated heterocycles. The largest absolute Gasteiger partial charge is 0.496 e. The predicted octanol–water partition coefficient (Wildman–Crippen LogP) is 7.49. The molecule has 1 heterocycles. The first-order valence-corrected chi connectivity index (χ1v) is 11.1. The second-order valence-corrected chi connectivity index (χ2v) is 9.26. The first-order chi connectivity index (χ1) is 12.9. The Morgan fingerprint density at radius 3 is 2.37 bits per heavy atom. The van der Waals surface area contributed by atoms with Crippen molar-refractivity contribution in [2.75, 3.05) is 7.11 Å². The summed E-state index contributed by atoms with van der Waals surface area (Å²) in [5, 5.41) is 3.18. The number of aryl methyl sites for hydroxylation is 1. The molecule has 0 spiro atoms. The van der Waals surface area contributed by atoms with Gasteiger partial charge in [-0.25, -0.2) is 4.98 Å². The van der Waals surface area contributed by atoms with Crippen LogP contribution in [0.2, 0.25) is 0 Å². The fraction of sp³-hybridized carbons (Fsp3) is 0.286. The summed E-state index contributed by atoms with van der Waals surface area (Å²) >= 11 is 8.99. The predicted molar refractivity (Wildman–Crippen MR) is 119 cm³/mol. The van der Waals surface area contributed by atoms with Gasteiger partial charge in [0.1, 0.15) is 11.5 Å². The minimum Gasteiger partial charge on any atom is -0.496 e. The molecule has 0 unspecified atom stereocenters. The summed E-state index contributed by atoms with van der Waals surface area (Å²) in [6, 6.07) is 10.1. The second kappa shape index (κ2) is 8.76. The topological polar surface area (TPSA) is 31.4 Å². The van der Waals surface area contributed by atoms with E-state index < -0.39 is 0 Å². The van der Waals surface area contributed by atoms with Gasteiger partial charge in [-0.1, -0.05) is 13.8 Å². The first-order valence-electron chi connectivity index (χ1n) is 8.62. The van der Waals surface area contributed by atoms with E-state index in [9.17, 15) is 0 Å². The number of nitrogens with zero attached hydrogens (tertiary/aromatic N) is 1. The zero-order valence-corrected chi connectivity index (χ0v) is 19.7. The van der Waals surface area contributed by atoms with E-state index >= 15 is 0 Å². The maximum atomic E-state index is 6.18. The van der Waals surface area contributed by atoms with Crippen LogP contribution in [0.25, 0.3) is 0 Å². The van der Waals surface area contributed by atoms with Crippen molar-refractivity contribution in [2.45, 2.75) is 33.1 Å². The van der Waals surface area contributed by atoms with Crippen molar-refractivity contribution >= 4 is 43.2 Å². The molecule has 0 aliphatic rings. The van der Waals surface area contributed by atoms with Crippen LogP contribution in [-0.2, 0) is 6.42 Å². The third-order valence-electron chi connectivity index (χ3n) is 4.12. The van der Waals surface area contributed by atoms with Crippen molar-refractivity contribution in [2.24, 2.45) is 0 Å². The van der Waals surface area contributed by atoms with Crippen molar-refractivity contribution in [1.29, 1.82) is 0 Å². The number of hydrogen-bond acceptors (Lipinski definition) is 4. The van der Waals surface area contributed by atoms with Crippen molar-refractivity contribution in [3.05, 3.63) is 66.5 Å². The minimum absolute atomic E-state index is 0.347.